The Labute approximate surface area is 120 Å². The summed E-state index contributed by atoms with van der Waals surface area (Å²) in [5.41, 5.74) is 2.09. The molecule has 0 aromatic heterocycles. The highest BCUT2D eigenvalue weighted by atomic mass is 28.4. The monoisotopic (exact) mass is 278 g/mol. The van der Waals surface area contributed by atoms with Gasteiger partial charge in [0.05, 0.1) is 5.76 Å². The normalized spacial score (nSPS) is 28.0. The van der Waals surface area contributed by atoms with Gasteiger partial charge in [0, 0.05) is 6.42 Å². The lowest BCUT2D eigenvalue weighted by Gasteiger charge is -2.23. The van der Waals surface area contributed by atoms with Crippen molar-refractivity contribution in [1.29, 1.82) is 0 Å². The van der Waals surface area contributed by atoms with Crippen LogP contribution < -0.4 is 0 Å². The Morgan fingerprint density at radius 2 is 2.00 bits per heavy atom. The fraction of sp³-hybridized carbons (Fsp3) is 0.765. The van der Waals surface area contributed by atoms with Gasteiger partial charge in [0.25, 0.3) is 0 Å². The Morgan fingerprint density at radius 3 is 2.63 bits per heavy atom. The van der Waals surface area contributed by atoms with E-state index in [1.165, 1.54) is 50.7 Å². The van der Waals surface area contributed by atoms with E-state index in [1.54, 1.807) is 5.57 Å². The van der Waals surface area contributed by atoms with Crippen molar-refractivity contribution in [3.63, 3.8) is 0 Å². The summed E-state index contributed by atoms with van der Waals surface area (Å²) < 4.78 is 6.17. The van der Waals surface area contributed by atoms with E-state index in [0.717, 1.165) is 6.42 Å². The first-order valence-corrected chi connectivity index (χ1v) is 11.4. The van der Waals surface area contributed by atoms with E-state index in [9.17, 15) is 0 Å². The summed E-state index contributed by atoms with van der Waals surface area (Å²) in [6.45, 7) is 9.24. The summed E-state index contributed by atoms with van der Waals surface area (Å²) in [6.07, 6.45) is 15.4. The smallest absolute Gasteiger partial charge is 0.241 e. The molecule has 1 nitrogen and oxygen atoms in total. The molecule has 0 fully saturated rings. The molecule has 0 unspecified atom stereocenters. The molecule has 0 heterocycles. The van der Waals surface area contributed by atoms with E-state index in [0.29, 0.717) is 5.41 Å². The van der Waals surface area contributed by atoms with E-state index >= 15 is 0 Å². The molecule has 108 valence electrons. The minimum absolute atomic E-state index is 0.382. The third-order valence-electron chi connectivity index (χ3n) is 4.29. The zero-order chi connectivity index (χ0) is 13.9. The maximum atomic E-state index is 6.17. The van der Waals surface area contributed by atoms with E-state index in [-0.39, 0.29) is 0 Å². The third-order valence-corrected chi connectivity index (χ3v) is 5.17. The molecular formula is C17H30OSi. The summed E-state index contributed by atoms with van der Waals surface area (Å²) in [5, 5.41) is 0. The zero-order valence-electron chi connectivity index (χ0n) is 13.2. The second kappa shape index (κ2) is 5.86. The second-order valence-electron chi connectivity index (χ2n) is 7.59. The molecule has 0 bridgehead atoms. The minimum Gasteiger partial charge on any atom is -0.548 e. The largest absolute Gasteiger partial charge is 0.548 e. The summed E-state index contributed by atoms with van der Waals surface area (Å²) in [6, 6.07) is 0. The van der Waals surface area contributed by atoms with Gasteiger partial charge in [-0.1, -0.05) is 18.6 Å². The highest BCUT2D eigenvalue weighted by Crippen LogP contribution is 2.42. The first-order chi connectivity index (χ1) is 8.86. The minimum atomic E-state index is -1.42. The van der Waals surface area contributed by atoms with Crippen LogP contribution in [-0.2, 0) is 4.43 Å². The van der Waals surface area contributed by atoms with E-state index in [2.05, 4.69) is 38.7 Å². The predicted octanol–water partition coefficient (Wildman–Crippen LogP) is 5.80. The molecule has 0 aromatic carbocycles. The van der Waals surface area contributed by atoms with E-state index in [4.69, 9.17) is 4.43 Å². The topological polar surface area (TPSA) is 9.23 Å². The average molecular weight is 279 g/mol. The molecule has 0 amide bonds. The van der Waals surface area contributed by atoms with Gasteiger partial charge in [0.1, 0.15) is 0 Å². The lowest BCUT2D eigenvalue weighted by molar-refractivity contribution is 0.375. The molecule has 2 aliphatic carbocycles. The molecule has 2 heteroatoms. The van der Waals surface area contributed by atoms with Gasteiger partial charge in [0.2, 0.25) is 8.32 Å². The molecule has 0 aromatic rings. The maximum Gasteiger partial charge on any atom is 0.241 e. The number of hydrogen-bond acceptors (Lipinski definition) is 1. The molecule has 0 aliphatic heterocycles. The highest BCUT2D eigenvalue weighted by Gasteiger charge is 2.31. The number of hydrogen-bond donors (Lipinski definition) is 0. The summed E-state index contributed by atoms with van der Waals surface area (Å²) in [7, 11) is -1.42. The zero-order valence-corrected chi connectivity index (χ0v) is 14.2. The van der Waals surface area contributed by atoms with Crippen LogP contribution in [0.5, 0.6) is 0 Å². The van der Waals surface area contributed by atoms with Crippen molar-refractivity contribution in [2.24, 2.45) is 5.41 Å². The van der Waals surface area contributed by atoms with Crippen molar-refractivity contribution in [3.8, 4) is 0 Å². The summed E-state index contributed by atoms with van der Waals surface area (Å²) >= 11 is 0. The van der Waals surface area contributed by atoms with Crippen LogP contribution in [0.2, 0.25) is 19.6 Å². The predicted molar refractivity (Wildman–Crippen MR) is 85.6 cm³/mol. The van der Waals surface area contributed by atoms with Crippen LogP contribution in [0.15, 0.2) is 23.5 Å². The van der Waals surface area contributed by atoms with Gasteiger partial charge < -0.3 is 4.43 Å². The van der Waals surface area contributed by atoms with E-state index in [1.807, 2.05) is 0 Å². The van der Waals surface area contributed by atoms with Crippen molar-refractivity contribution in [2.75, 3.05) is 0 Å². The Morgan fingerprint density at radius 1 is 1.21 bits per heavy atom. The molecule has 1 atom stereocenters. The quantitative estimate of drug-likeness (QED) is 0.456. The standard InChI is InChI=1S/C17H30OSi/c1-17(12-10-15-8-6-5-7-9-15)13-11-16(14-17)18-19(2,3)4/h8,14H,5-7,9-13H2,1-4H3/t17-/m1/s1. The Bertz CT molecular complexity index is 375. The van der Waals surface area contributed by atoms with Crippen molar-refractivity contribution in [3.05, 3.63) is 23.5 Å². The van der Waals surface area contributed by atoms with Crippen LogP contribution in [0.25, 0.3) is 0 Å². The average Bonchev–Trinajstić information content (AvgIpc) is 2.68. The maximum absolute atomic E-state index is 6.17. The first-order valence-electron chi connectivity index (χ1n) is 7.95. The van der Waals surface area contributed by atoms with Gasteiger partial charge in [-0.2, -0.15) is 0 Å². The molecule has 0 radical (unpaired) electrons. The van der Waals surface area contributed by atoms with Gasteiger partial charge in [-0.05, 0) is 76.1 Å². The summed E-state index contributed by atoms with van der Waals surface area (Å²) in [4.78, 5) is 0. The van der Waals surface area contributed by atoms with Crippen molar-refractivity contribution in [2.45, 2.75) is 77.9 Å². The van der Waals surface area contributed by atoms with Gasteiger partial charge in [-0.25, -0.2) is 0 Å². The fourth-order valence-electron chi connectivity index (χ4n) is 3.19. The van der Waals surface area contributed by atoms with Crippen molar-refractivity contribution >= 4 is 8.32 Å². The van der Waals surface area contributed by atoms with Gasteiger partial charge >= 0.3 is 0 Å². The number of allylic oxidation sites excluding steroid dienone is 4. The molecule has 2 aliphatic rings. The molecule has 0 N–H and O–H groups in total. The Kier molecular flexibility index (Phi) is 4.60. The Balaban J connectivity index is 1.87. The van der Waals surface area contributed by atoms with Crippen LogP contribution in [0.3, 0.4) is 0 Å². The fourth-order valence-corrected chi connectivity index (χ4v) is 4.14. The van der Waals surface area contributed by atoms with Crippen molar-refractivity contribution < 1.29 is 4.43 Å². The number of rotatable bonds is 5. The Hall–Kier alpha value is -0.503. The molecule has 0 spiro atoms. The summed E-state index contributed by atoms with van der Waals surface area (Å²) in [5.74, 6) is 1.28. The molecule has 2 rings (SSSR count). The second-order valence-corrected chi connectivity index (χ2v) is 12.0. The lowest BCUT2D eigenvalue weighted by atomic mass is 9.82. The van der Waals surface area contributed by atoms with Gasteiger partial charge in [-0.3, -0.25) is 0 Å². The van der Waals surface area contributed by atoms with Crippen molar-refractivity contribution in [1.82, 2.24) is 0 Å². The lowest BCUT2D eigenvalue weighted by Crippen LogP contribution is -2.24. The molecule has 0 saturated heterocycles. The molecule has 19 heavy (non-hydrogen) atoms. The third kappa shape index (κ3) is 4.83. The van der Waals surface area contributed by atoms with Crippen LogP contribution in [0.1, 0.15) is 58.3 Å². The van der Waals surface area contributed by atoms with Crippen LogP contribution in [0.4, 0.5) is 0 Å². The SMILES string of the molecule is C[C@]1(CCC2=CCCCC2)C=C(O[Si](C)(C)C)CC1. The van der Waals surface area contributed by atoms with Crippen LogP contribution in [-0.4, -0.2) is 8.32 Å². The van der Waals surface area contributed by atoms with Gasteiger partial charge in [-0.15, -0.1) is 0 Å². The van der Waals surface area contributed by atoms with E-state index < -0.39 is 8.32 Å². The first kappa shape index (κ1) is 14.9. The highest BCUT2D eigenvalue weighted by molar-refractivity contribution is 6.70. The molecule has 0 saturated carbocycles. The van der Waals surface area contributed by atoms with Crippen LogP contribution >= 0.6 is 0 Å². The van der Waals surface area contributed by atoms with Gasteiger partial charge in [0.15, 0.2) is 0 Å². The van der Waals surface area contributed by atoms with Crippen LogP contribution in [0, 0.1) is 5.41 Å². The molecular weight excluding hydrogens is 248 g/mol.